The molecule has 0 aliphatic carbocycles. The van der Waals surface area contributed by atoms with Crippen molar-refractivity contribution in [1.29, 1.82) is 0 Å². The average Bonchev–Trinajstić information content (AvgIpc) is 2.98. The van der Waals surface area contributed by atoms with Gasteiger partial charge >= 0.3 is 0 Å². The Morgan fingerprint density at radius 3 is 2.51 bits per heavy atom. The third kappa shape index (κ3) is 7.64. The smallest absolute Gasteiger partial charge is 0.265 e. The van der Waals surface area contributed by atoms with Crippen molar-refractivity contribution >= 4 is 58.7 Å². The number of hydrogen-bond donors (Lipinski definition) is 1. The lowest BCUT2D eigenvalue weighted by atomic mass is 10.1. The number of fused-ring (bicyclic) bond motifs is 1. The number of hydrogen-bond acceptors (Lipinski definition) is 4. The SMILES string of the molecule is Cc1cccc(CN2C(=O)/C(=C\c3ccc(C(=O)NC[C@@H](C)CSc4ccc(Cl)cc4)cc3)Sc3ccccc32)c1. The van der Waals surface area contributed by atoms with Gasteiger partial charge in [-0.25, -0.2) is 0 Å². The number of aryl methyl sites for hydroxylation is 1. The minimum absolute atomic E-state index is 0.0255. The number of anilines is 1. The molecule has 1 heterocycles. The van der Waals surface area contributed by atoms with Crippen molar-refractivity contribution in [1.82, 2.24) is 5.32 Å². The van der Waals surface area contributed by atoms with Crippen LogP contribution >= 0.6 is 35.1 Å². The number of carbonyl (C=O) groups excluding carboxylic acids is 2. The standard InChI is InChI=1S/C34H31ClN2O2S2/c1-23-6-5-7-26(18-23)21-37-30-8-3-4-9-31(30)41-32(34(37)39)19-25-10-12-27(13-11-25)33(38)36-20-24(2)22-40-29-16-14-28(35)15-17-29/h3-19,24H,20-22H2,1-2H3,(H,36,38)/b32-19+/t24-/m1/s1. The van der Waals surface area contributed by atoms with Crippen LogP contribution in [0.25, 0.3) is 6.08 Å². The van der Waals surface area contributed by atoms with Gasteiger partial charge in [0.2, 0.25) is 0 Å². The van der Waals surface area contributed by atoms with Crippen molar-refractivity contribution in [2.75, 3.05) is 17.2 Å². The first-order valence-electron chi connectivity index (χ1n) is 13.5. The van der Waals surface area contributed by atoms with E-state index < -0.39 is 0 Å². The summed E-state index contributed by atoms with van der Waals surface area (Å²) in [5, 5.41) is 3.77. The Kier molecular flexibility index (Phi) is 9.55. The molecule has 0 saturated heterocycles. The topological polar surface area (TPSA) is 49.4 Å². The highest BCUT2D eigenvalue weighted by atomic mass is 35.5. The molecule has 0 bridgehead atoms. The molecule has 4 aromatic carbocycles. The number of nitrogens with one attached hydrogen (secondary N) is 1. The second-order valence-corrected chi connectivity index (χ2v) is 12.8. The van der Waals surface area contributed by atoms with Crippen molar-refractivity contribution in [3.05, 3.63) is 129 Å². The van der Waals surface area contributed by atoms with E-state index in [0.717, 1.165) is 37.4 Å². The monoisotopic (exact) mass is 598 g/mol. The third-order valence-electron chi connectivity index (χ3n) is 6.68. The van der Waals surface area contributed by atoms with E-state index >= 15 is 0 Å². The first-order valence-corrected chi connectivity index (χ1v) is 15.7. The van der Waals surface area contributed by atoms with Crippen molar-refractivity contribution in [2.45, 2.75) is 30.2 Å². The van der Waals surface area contributed by atoms with E-state index in [1.54, 1.807) is 11.8 Å². The fourth-order valence-corrected chi connectivity index (χ4v) is 6.60. The van der Waals surface area contributed by atoms with Crippen LogP contribution in [0.1, 0.15) is 34.0 Å². The molecule has 1 aliphatic heterocycles. The Balaban J connectivity index is 1.22. The molecule has 0 spiro atoms. The number of thioether (sulfide) groups is 2. The summed E-state index contributed by atoms with van der Waals surface area (Å²) < 4.78 is 0. The van der Waals surface area contributed by atoms with Crippen LogP contribution in [-0.4, -0.2) is 24.1 Å². The summed E-state index contributed by atoms with van der Waals surface area (Å²) in [6, 6.07) is 31.5. The highest BCUT2D eigenvalue weighted by Gasteiger charge is 2.29. The number of rotatable bonds is 9. The summed E-state index contributed by atoms with van der Waals surface area (Å²) in [6.45, 7) is 5.28. The normalized spacial score (nSPS) is 14.6. The number of halogens is 1. The minimum Gasteiger partial charge on any atom is -0.352 e. The van der Waals surface area contributed by atoms with Gasteiger partial charge < -0.3 is 10.2 Å². The zero-order chi connectivity index (χ0) is 28.8. The molecule has 1 aliphatic rings. The predicted octanol–water partition coefficient (Wildman–Crippen LogP) is 8.49. The van der Waals surface area contributed by atoms with Crippen LogP contribution in [0.5, 0.6) is 0 Å². The molecule has 1 N–H and O–H groups in total. The molecule has 41 heavy (non-hydrogen) atoms. The van der Waals surface area contributed by atoms with Crippen molar-refractivity contribution < 1.29 is 9.59 Å². The molecule has 2 amide bonds. The summed E-state index contributed by atoms with van der Waals surface area (Å²) in [6.07, 6.45) is 1.91. The van der Waals surface area contributed by atoms with Gasteiger partial charge in [-0.05, 0) is 78.6 Å². The first kappa shape index (κ1) is 29.1. The van der Waals surface area contributed by atoms with E-state index in [2.05, 4.69) is 37.4 Å². The predicted molar refractivity (Wildman–Crippen MR) is 173 cm³/mol. The number of amides is 2. The second kappa shape index (κ2) is 13.5. The largest absolute Gasteiger partial charge is 0.352 e. The van der Waals surface area contributed by atoms with Crippen LogP contribution in [0.2, 0.25) is 5.02 Å². The van der Waals surface area contributed by atoms with Crippen LogP contribution in [-0.2, 0) is 11.3 Å². The van der Waals surface area contributed by atoms with Crippen LogP contribution in [0, 0.1) is 12.8 Å². The highest BCUT2D eigenvalue weighted by molar-refractivity contribution is 8.04. The Bertz CT molecular complexity index is 1570. The lowest BCUT2D eigenvalue weighted by Crippen LogP contribution is -2.33. The maximum atomic E-state index is 13.6. The van der Waals surface area contributed by atoms with Crippen molar-refractivity contribution in [2.24, 2.45) is 5.92 Å². The second-order valence-electron chi connectivity index (χ2n) is 10.2. The van der Waals surface area contributed by atoms with E-state index in [9.17, 15) is 9.59 Å². The quantitative estimate of drug-likeness (QED) is 0.155. The van der Waals surface area contributed by atoms with E-state index in [0.29, 0.717) is 29.5 Å². The van der Waals surface area contributed by atoms with Gasteiger partial charge in [-0.2, -0.15) is 0 Å². The summed E-state index contributed by atoms with van der Waals surface area (Å²) in [4.78, 5) is 31.1. The van der Waals surface area contributed by atoms with Gasteiger partial charge in [0.25, 0.3) is 11.8 Å². The maximum Gasteiger partial charge on any atom is 0.265 e. The van der Waals surface area contributed by atoms with E-state index in [-0.39, 0.29) is 11.8 Å². The van der Waals surface area contributed by atoms with Gasteiger partial charge in [0, 0.05) is 32.7 Å². The van der Waals surface area contributed by atoms with Gasteiger partial charge in [0.1, 0.15) is 0 Å². The molecular weight excluding hydrogens is 568 g/mol. The number of carbonyl (C=O) groups is 2. The molecule has 0 aromatic heterocycles. The summed E-state index contributed by atoms with van der Waals surface area (Å²) in [7, 11) is 0. The molecule has 4 aromatic rings. The lowest BCUT2D eigenvalue weighted by Gasteiger charge is -2.30. The minimum atomic E-state index is -0.103. The van der Waals surface area contributed by atoms with Gasteiger partial charge in [-0.3, -0.25) is 9.59 Å². The van der Waals surface area contributed by atoms with Gasteiger partial charge in [-0.15, -0.1) is 11.8 Å². The zero-order valence-corrected chi connectivity index (χ0v) is 25.4. The molecule has 4 nitrogen and oxygen atoms in total. The lowest BCUT2D eigenvalue weighted by molar-refractivity contribution is -0.114. The van der Waals surface area contributed by atoms with E-state index in [1.807, 2.05) is 89.8 Å². The molecule has 0 radical (unpaired) electrons. The van der Waals surface area contributed by atoms with Gasteiger partial charge in [0.05, 0.1) is 17.1 Å². The molecule has 7 heteroatoms. The molecule has 0 saturated carbocycles. The summed E-state index contributed by atoms with van der Waals surface area (Å²) >= 11 is 9.20. The van der Waals surface area contributed by atoms with Crippen LogP contribution in [0.3, 0.4) is 0 Å². The van der Waals surface area contributed by atoms with Crippen LogP contribution in [0.4, 0.5) is 5.69 Å². The molecule has 0 unspecified atom stereocenters. The maximum absolute atomic E-state index is 13.6. The highest BCUT2D eigenvalue weighted by Crippen LogP contribution is 2.42. The molecule has 1 atom stereocenters. The molecular formula is C34H31ClN2O2S2. The molecule has 0 fully saturated rings. The summed E-state index contributed by atoms with van der Waals surface area (Å²) in [5.41, 5.74) is 4.65. The Morgan fingerprint density at radius 2 is 1.76 bits per heavy atom. The Labute approximate surface area is 255 Å². The number of para-hydroxylation sites is 1. The molecule has 5 rings (SSSR count). The number of nitrogens with zero attached hydrogens (tertiary/aromatic N) is 1. The Morgan fingerprint density at radius 1 is 1.00 bits per heavy atom. The Hall–Kier alpha value is -3.45. The van der Waals surface area contributed by atoms with Crippen molar-refractivity contribution in [3.8, 4) is 0 Å². The van der Waals surface area contributed by atoms with E-state index in [4.69, 9.17) is 11.6 Å². The van der Waals surface area contributed by atoms with E-state index in [1.165, 1.54) is 17.3 Å². The van der Waals surface area contributed by atoms with Gasteiger partial charge in [0.15, 0.2) is 0 Å². The van der Waals surface area contributed by atoms with Gasteiger partial charge in [-0.1, -0.05) is 84.4 Å². The first-order chi connectivity index (χ1) is 19.9. The molecule has 208 valence electrons. The van der Waals surface area contributed by atoms with Crippen LogP contribution < -0.4 is 10.2 Å². The fourth-order valence-electron chi connectivity index (χ4n) is 4.49. The van der Waals surface area contributed by atoms with Crippen molar-refractivity contribution in [3.63, 3.8) is 0 Å². The number of benzene rings is 4. The third-order valence-corrected chi connectivity index (χ3v) is 9.36. The zero-order valence-electron chi connectivity index (χ0n) is 23.0. The van der Waals surface area contributed by atoms with Crippen LogP contribution in [0.15, 0.2) is 112 Å². The summed E-state index contributed by atoms with van der Waals surface area (Å²) in [5.74, 6) is 1.07. The fraction of sp³-hybridized carbons (Fsp3) is 0.176. The average molecular weight is 599 g/mol.